The Morgan fingerprint density at radius 1 is 1.44 bits per heavy atom. The zero-order chi connectivity index (χ0) is 13.5. The SMILES string of the molecule is COc1cc(F)c(Cl)c(C2(C(=O)O)CC2)c1OC. The molecule has 1 aromatic rings. The van der Waals surface area contributed by atoms with Crippen molar-refractivity contribution >= 4 is 17.6 Å². The molecule has 1 saturated carbocycles. The third-order valence-electron chi connectivity index (χ3n) is 3.20. The van der Waals surface area contributed by atoms with Gasteiger partial charge in [0.15, 0.2) is 11.5 Å². The zero-order valence-corrected chi connectivity index (χ0v) is 10.7. The quantitative estimate of drug-likeness (QED) is 0.917. The summed E-state index contributed by atoms with van der Waals surface area (Å²) >= 11 is 5.90. The van der Waals surface area contributed by atoms with E-state index in [-0.39, 0.29) is 22.1 Å². The third kappa shape index (κ3) is 1.70. The van der Waals surface area contributed by atoms with Crippen LogP contribution in [-0.4, -0.2) is 25.3 Å². The molecule has 0 aliphatic heterocycles. The molecule has 18 heavy (non-hydrogen) atoms. The minimum Gasteiger partial charge on any atom is -0.493 e. The Balaban J connectivity index is 2.72. The highest BCUT2D eigenvalue weighted by molar-refractivity contribution is 6.32. The van der Waals surface area contributed by atoms with Gasteiger partial charge in [0, 0.05) is 11.6 Å². The number of benzene rings is 1. The Labute approximate surface area is 108 Å². The normalized spacial score (nSPS) is 16.2. The molecular weight excluding hydrogens is 263 g/mol. The summed E-state index contributed by atoms with van der Waals surface area (Å²) in [5.74, 6) is -1.42. The van der Waals surface area contributed by atoms with Crippen molar-refractivity contribution in [3.63, 3.8) is 0 Å². The predicted octanol–water partition coefficient (Wildman–Crippen LogP) is 2.61. The van der Waals surface area contributed by atoms with Gasteiger partial charge < -0.3 is 14.6 Å². The van der Waals surface area contributed by atoms with Gasteiger partial charge in [-0.2, -0.15) is 0 Å². The van der Waals surface area contributed by atoms with E-state index >= 15 is 0 Å². The highest BCUT2D eigenvalue weighted by atomic mass is 35.5. The summed E-state index contributed by atoms with van der Waals surface area (Å²) in [4.78, 5) is 11.3. The van der Waals surface area contributed by atoms with E-state index in [1.807, 2.05) is 0 Å². The first-order valence-corrected chi connectivity index (χ1v) is 5.69. The van der Waals surface area contributed by atoms with Gasteiger partial charge in [0.1, 0.15) is 5.82 Å². The molecule has 0 radical (unpaired) electrons. The van der Waals surface area contributed by atoms with Gasteiger partial charge in [-0.3, -0.25) is 4.79 Å². The maximum Gasteiger partial charge on any atom is 0.314 e. The van der Waals surface area contributed by atoms with Crippen molar-refractivity contribution in [3.8, 4) is 11.5 Å². The van der Waals surface area contributed by atoms with Crippen molar-refractivity contribution in [1.82, 2.24) is 0 Å². The standard InChI is InChI=1S/C12H12ClFO4/c1-17-7-5-6(14)9(13)8(10(7)18-2)12(3-4-12)11(15)16/h5H,3-4H2,1-2H3,(H,15,16). The largest absolute Gasteiger partial charge is 0.493 e. The number of hydrogen-bond acceptors (Lipinski definition) is 3. The fraction of sp³-hybridized carbons (Fsp3) is 0.417. The topological polar surface area (TPSA) is 55.8 Å². The summed E-state index contributed by atoms with van der Waals surface area (Å²) in [6, 6.07) is 1.09. The lowest BCUT2D eigenvalue weighted by atomic mass is 9.94. The van der Waals surface area contributed by atoms with E-state index in [2.05, 4.69) is 0 Å². The average molecular weight is 275 g/mol. The minimum atomic E-state index is -1.15. The molecular formula is C12H12ClFO4. The molecule has 0 bridgehead atoms. The second kappa shape index (κ2) is 4.31. The molecule has 0 amide bonds. The van der Waals surface area contributed by atoms with E-state index in [1.165, 1.54) is 14.2 Å². The molecule has 4 nitrogen and oxygen atoms in total. The number of hydrogen-bond donors (Lipinski definition) is 1. The van der Waals surface area contributed by atoms with Crippen molar-refractivity contribution in [2.24, 2.45) is 0 Å². The molecule has 6 heteroatoms. The highest BCUT2D eigenvalue weighted by Crippen LogP contribution is 2.56. The van der Waals surface area contributed by atoms with E-state index in [4.69, 9.17) is 21.1 Å². The second-order valence-electron chi connectivity index (χ2n) is 4.17. The van der Waals surface area contributed by atoms with Crippen LogP contribution in [0.5, 0.6) is 11.5 Å². The number of carbonyl (C=O) groups is 1. The van der Waals surface area contributed by atoms with Crippen LogP contribution in [-0.2, 0) is 10.2 Å². The van der Waals surface area contributed by atoms with Crippen LogP contribution < -0.4 is 9.47 Å². The maximum absolute atomic E-state index is 13.7. The van der Waals surface area contributed by atoms with Crippen LogP contribution in [0.1, 0.15) is 18.4 Å². The molecule has 0 spiro atoms. The Bertz CT molecular complexity index is 511. The summed E-state index contributed by atoms with van der Waals surface area (Å²) in [5.41, 5.74) is -0.992. The van der Waals surface area contributed by atoms with E-state index in [9.17, 15) is 14.3 Å². The van der Waals surface area contributed by atoms with Gasteiger partial charge in [-0.05, 0) is 12.8 Å². The Kier molecular flexibility index (Phi) is 3.11. The number of rotatable bonds is 4. The summed E-state index contributed by atoms with van der Waals surface area (Å²) in [6.45, 7) is 0. The van der Waals surface area contributed by atoms with Crippen LogP contribution in [0, 0.1) is 5.82 Å². The second-order valence-corrected chi connectivity index (χ2v) is 4.55. The molecule has 0 atom stereocenters. The molecule has 0 saturated heterocycles. The molecule has 2 rings (SSSR count). The van der Waals surface area contributed by atoms with Crippen molar-refractivity contribution in [1.29, 1.82) is 0 Å². The Hall–Kier alpha value is -1.49. The number of aliphatic carboxylic acids is 1. The first-order valence-electron chi connectivity index (χ1n) is 5.31. The van der Waals surface area contributed by atoms with Gasteiger partial charge in [0.2, 0.25) is 0 Å². The summed E-state index contributed by atoms with van der Waals surface area (Å²) in [7, 11) is 2.73. The maximum atomic E-state index is 13.7. The molecule has 0 unspecified atom stereocenters. The van der Waals surface area contributed by atoms with Gasteiger partial charge >= 0.3 is 5.97 Å². The molecule has 0 heterocycles. The van der Waals surface area contributed by atoms with Crippen LogP contribution in [0.15, 0.2) is 6.07 Å². The number of carboxylic acid groups (broad SMARTS) is 1. The van der Waals surface area contributed by atoms with Crippen molar-refractivity contribution in [2.75, 3.05) is 14.2 Å². The number of carboxylic acids is 1. The van der Waals surface area contributed by atoms with E-state index in [1.54, 1.807) is 0 Å². The monoisotopic (exact) mass is 274 g/mol. The Morgan fingerprint density at radius 2 is 2.06 bits per heavy atom. The Morgan fingerprint density at radius 3 is 2.44 bits per heavy atom. The first kappa shape index (κ1) is 13.0. The van der Waals surface area contributed by atoms with E-state index in [0.717, 1.165) is 6.07 Å². The predicted molar refractivity (Wildman–Crippen MR) is 63.1 cm³/mol. The van der Waals surface area contributed by atoms with Crippen LogP contribution in [0.25, 0.3) is 0 Å². The lowest BCUT2D eigenvalue weighted by molar-refractivity contribution is -0.140. The van der Waals surface area contributed by atoms with Crippen molar-refractivity contribution in [3.05, 3.63) is 22.5 Å². The minimum absolute atomic E-state index is 0.141. The summed E-state index contributed by atoms with van der Waals surface area (Å²) < 4.78 is 23.8. The van der Waals surface area contributed by atoms with Crippen molar-refractivity contribution < 1.29 is 23.8 Å². The summed E-state index contributed by atoms with van der Waals surface area (Å²) in [5, 5.41) is 9.06. The first-order chi connectivity index (χ1) is 8.47. The molecule has 1 aliphatic carbocycles. The van der Waals surface area contributed by atoms with Gasteiger partial charge in [-0.1, -0.05) is 11.6 Å². The van der Waals surface area contributed by atoms with E-state index in [0.29, 0.717) is 12.8 Å². The fourth-order valence-electron chi connectivity index (χ4n) is 2.06. The molecule has 1 N–H and O–H groups in total. The van der Waals surface area contributed by atoms with Gasteiger partial charge in [0.25, 0.3) is 0 Å². The van der Waals surface area contributed by atoms with Crippen LogP contribution in [0.2, 0.25) is 5.02 Å². The fourth-order valence-corrected chi connectivity index (χ4v) is 2.39. The third-order valence-corrected chi connectivity index (χ3v) is 3.57. The zero-order valence-electron chi connectivity index (χ0n) is 9.92. The van der Waals surface area contributed by atoms with Gasteiger partial charge in [-0.15, -0.1) is 0 Å². The average Bonchev–Trinajstić information content (AvgIpc) is 3.12. The lowest BCUT2D eigenvalue weighted by Gasteiger charge is -2.19. The van der Waals surface area contributed by atoms with Crippen LogP contribution >= 0.6 is 11.6 Å². The molecule has 1 aromatic carbocycles. The highest BCUT2D eigenvalue weighted by Gasteiger charge is 2.55. The lowest BCUT2D eigenvalue weighted by Crippen LogP contribution is -2.21. The van der Waals surface area contributed by atoms with Crippen molar-refractivity contribution in [2.45, 2.75) is 18.3 Å². The number of halogens is 2. The molecule has 1 aliphatic rings. The van der Waals surface area contributed by atoms with Crippen LogP contribution in [0.3, 0.4) is 0 Å². The smallest absolute Gasteiger partial charge is 0.314 e. The van der Waals surface area contributed by atoms with Crippen LogP contribution in [0.4, 0.5) is 4.39 Å². The summed E-state index contributed by atoms with van der Waals surface area (Å²) in [6.07, 6.45) is 0.816. The van der Waals surface area contributed by atoms with Gasteiger partial charge in [0.05, 0.1) is 24.7 Å². The van der Waals surface area contributed by atoms with E-state index < -0.39 is 17.2 Å². The van der Waals surface area contributed by atoms with Gasteiger partial charge in [-0.25, -0.2) is 4.39 Å². The molecule has 1 fully saturated rings. The number of methoxy groups -OCH3 is 2. The molecule has 0 aromatic heterocycles. The molecule has 98 valence electrons. The number of ether oxygens (including phenoxy) is 2.